The highest BCUT2D eigenvalue weighted by molar-refractivity contribution is 6.30. The van der Waals surface area contributed by atoms with Crippen LogP contribution < -0.4 is 0 Å². The highest BCUT2D eigenvalue weighted by atomic mass is 16.3. The molecule has 0 radical (unpaired) electrons. The van der Waals surface area contributed by atoms with Gasteiger partial charge in [-0.1, -0.05) is 95.6 Å². The van der Waals surface area contributed by atoms with Gasteiger partial charge in [-0.15, -0.1) is 0 Å². The van der Waals surface area contributed by atoms with Gasteiger partial charge >= 0.3 is 0 Å². The lowest BCUT2D eigenvalue weighted by Crippen LogP contribution is -2.16. The number of furan rings is 1. The molecule has 0 spiro atoms. The quantitative estimate of drug-likeness (QED) is 0.239. The van der Waals surface area contributed by atoms with Crippen molar-refractivity contribution in [1.29, 1.82) is 0 Å². The smallest absolute Gasteiger partial charge is 0.143 e. The fraction of sp³-hybridized carbons (Fsp3) is 0.310. The summed E-state index contributed by atoms with van der Waals surface area (Å²) >= 11 is 0. The summed E-state index contributed by atoms with van der Waals surface area (Å²) in [7, 11) is 0. The third-order valence-corrected chi connectivity index (χ3v) is 6.37. The van der Waals surface area contributed by atoms with Gasteiger partial charge in [0.05, 0.1) is 0 Å². The van der Waals surface area contributed by atoms with E-state index in [-0.39, 0.29) is 10.8 Å². The predicted octanol–water partition coefficient (Wildman–Crippen LogP) is 8.80. The molecule has 5 rings (SSSR count). The second-order valence-corrected chi connectivity index (χ2v) is 10.8. The van der Waals surface area contributed by atoms with Crippen molar-refractivity contribution >= 4 is 43.5 Å². The molecule has 0 aliphatic heterocycles. The van der Waals surface area contributed by atoms with Gasteiger partial charge in [-0.25, -0.2) is 0 Å². The lowest BCUT2D eigenvalue weighted by molar-refractivity contribution is 0.559. The number of hydrogen-bond donors (Lipinski definition) is 0. The van der Waals surface area contributed by atoms with Crippen LogP contribution in [0.1, 0.15) is 58.2 Å². The van der Waals surface area contributed by atoms with Crippen LogP contribution in [0.2, 0.25) is 0 Å². The number of benzene rings is 4. The average molecular weight is 395 g/mol. The van der Waals surface area contributed by atoms with E-state index in [1.165, 1.54) is 49.0 Å². The Labute approximate surface area is 178 Å². The van der Waals surface area contributed by atoms with Crippen LogP contribution in [0.15, 0.2) is 59.0 Å². The van der Waals surface area contributed by atoms with E-state index in [1.54, 1.807) is 0 Å². The Kier molecular flexibility index (Phi) is 3.90. The first-order valence-electron chi connectivity index (χ1n) is 10.9. The lowest BCUT2D eigenvalue weighted by atomic mass is 9.79. The average Bonchev–Trinajstić information content (AvgIpc) is 3.05. The predicted molar refractivity (Wildman–Crippen MR) is 131 cm³/mol. The first kappa shape index (κ1) is 19.2. The molecule has 1 heteroatoms. The van der Waals surface area contributed by atoms with E-state index in [4.69, 9.17) is 4.42 Å². The van der Waals surface area contributed by atoms with Crippen molar-refractivity contribution in [3.05, 3.63) is 71.3 Å². The van der Waals surface area contributed by atoms with Crippen LogP contribution in [0.3, 0.4) is 0 Å². The maximum absolute atomic E-state index is 6.74. The molecule has 0 fully saturated rings. The third kappa shape index (κ3) is 2.75. The van der Waals surface area contributed by atoms with Gasteiger partial charge in [-0.3, -0.25) is 0 Å². The van der Waals surface area contributed by atoms with Crippen LogP contribution in [0, 0.1) is 6.92 Å². The zero-order chi connectivity index (χ0) is 21.4. The van der Waals surface area contributed by atoms with Crippen LogP contribution >= 0.6 is 0 Å². The van der Waals surface area contributed by atoms with E-state index in [1.807, 2.05) is 0 Å². The standard InChI is InChI=1S/C29H30O/c1-17-12-13-20-19-10-8-9-11-21(19)27-25(22(20)14-17)23-15-18(28(2,3)4)16-24(26(23)30-27)29(5,6)7/h8-16H,1-7H3. The summed E-state index contributed by atoms with van der Waals surface area (Å²) in [4.78, 5) is 0. The van der Waals surface area contributed by atoms with E-state index in [0.717, 1.165) is 11.2 Å². The Bertz CT molecular complexity index is 1450. The fourth-order valence-corrected chi connectivity index (χ4v) is 4.66. The zero-order valence-electron chi connectivity index (χ0n) is 19.1. The summed E-state index contributed by atoms with van der Waals surface area (Å²) in [6.07, 6.45) is 0. The van der Waals surface area contributed by atoms with Crippen LogP contribution in [-0.4, -0.2) is 0 Å². The molecule has 0 amide bonds. The van der Waals surface area contributed by atoms with Crippen LogP contribution in [0.5, 0.6) is 0 Å². The van der Waals surface area contributed by atoms with Gasteiger partial charge in [-0.2, -0.15) is 0 Å². The van der Waals surface area contributed by atoms with Crippen molar-refractivity contribution in [3.63, 3.8) is 0 Å². The maximum Gasteiger partial charge on any atom is 0.143 e. The lowest BCUT2D eigenvalue weighted by Gasteiger charge is -2.25. The van der Waals surface area contributed by atoms with Gasteiger partial charge in [0.15, 0.2) is 0 Å². The van der Waals surface area contributed by atoms with Gasteiger partial charge in [0.25, 0.3) is 0 Å². The molecule has 0 aliphatic rings. The summed E-state index contributed by atoms with van der Waals surface area (Å²) in [5.41, 5.74) is 6.02. The second kappa shape index (κ2) is 6.11. The minimum atomic E-state index is -0.00505. The Morgan fingerprint density at radius 2 is 1.27 bits per heavy atom. The van der Waals surface area contributed by atoms with E-state index >= 15 is 0 Å². The van der Waals surface area contributed by atoms with Crippen LogP contribution in [0.4, 0.5) is 0 Å². The molecule has 1 aromatic heterocycles. The molecule has 152 valence electrons. The molecular formula is C29H30O. The zero-order valence-corrected chi connectivity index (χ0v) is 19.1. The number of fused-ring (bicyclic) bond motifs is 8. The van der Waals surface area contributed by atoms with Gasteiger partial charge in [0.2, 0.25) is 0 Å². The van der Waals surface area contributed by atoms with Crippen molar-refractivity contribution in [3.8, 4) is 0 Å². The van der Waals surface area contributed by atoms with Gasteiger partial charge < -0.3 is 4.42 Å². The van der Waals surface area contributed by atoms with Gasteiger partial charge in [-0.05, 0) is 45.5 Å². The van der Waals surface area contributed by atoms with E-state index in [2.05, 4.69) is 103 Å². The molecule has 0 unspecified atom stereocenters. The molecule has 4 aromatic carbocycles. The molecule has 0 atom stereocenters. The summed E-state index contributed by atoms with van der Waals surface area (Å²) < 4.78 is 6.74. The first-order valence-corrected chi connectivity index (χ1v) is 10.9. The van der Waals surface area contributed by atoms with Crippen molar-refractivity contribution in [2.24, 2.45) is 0 Å². The number of aryl methyl sites for hydroxylation is 1. The second-order valence-electron chi connectivity index (χ2n) is 10.8. The Hall–Kier alpha value is -2.80. The normalized spacial score (nSPS) is 13.2. The Balaban J connectivity index is 2.12. The number of hydrogen-bond acceptors (Lipinski definition) is 1. The molecule has 30 heavy (non-hydrogen) atoms. The molecular weight excluding hydrogens is 364 g/mol. The molecule has 0 saturated heterocycles. The molecule has 0 bridgehead atoms. The minimum absolute atomic E-state index is 0.00505. The van der Waals surface area contributed by atoms with Crippen molar-refractivity contribution in [1.82, 2.24) is 0 Å². The molecule has 1 nitrogen and oxygen atoms in total. The van der Waals surface area contributed by atoms with Gasteiger partial charge in [0, 0.05) is 21.7 Å². The Morgan fingerprint density at radius 1 is 0.600 bits per heavy atom. The highest BCUT2D eigenvalue weighted by Gasteiger charge is 2.26. The first-order chi connectivity index (χ1) is 14.1. The largest absolute Gasteiger partial charge is 0.455 e. The van der Waals surface area contributed by atoms with E-state index < -0.39 is 0 Å². The molecule has 0 N–H and O–H groups in total. The van der Waals surface area contributed by atoms with Gasteiger partial charge in [0.1, 0.15) is 11.2 Å². The molecule has 1 heterocycles. The minimum Gasteiger partial charge on any atom is -0.455 e. The van der Waals surface area contributed by atoms with Crippen molar-refractivity contribution in [2.45, 2.75) is 59.3 Å². The van der Waals surface area contributed by atoms with Crippen LogP contribution in [0.25, 0.3) is 43.5 Å². The summed E-state index contributed by atoms with van der Waals surface area (Å²) in [6.45, 7) is 15.9. The summed E-state index contributed by atoms with van der Waals surface area (Å²) in [5.74, 6) is 0. The van der Waals surface area contributed by atoms with E-state index in [0.29, 0.717) is 0 Å². The molecule has 0 aliphatic carbocycles. The van der Waals surface area contributed by atoms with Crippen molar-refractivity contribution < 1.29 is 4.42 Å². The summed E-state index contributed by atoms with van der Waals surface area (Å²) in [5, 5.41) is 7.52. The maximum atomic E-state index is 6.74. The highest BCUT2D eigenvalue weighted by Crippen LogP contribution is 2.45. The fourth-order valence-electron chi connectivity index (χ4n) is 4.66. The third-order valence-electron chi connectivity index (χ3n) is 6.37. The summed E-state index contributed by atoms with van der Waals surface area (Å²) in [6, 6.07) is 20.2. The van der Waals surface area contributed by atoms with Crippen LogP contribution in [-0.2, 0) is 10.8 Å². The van der Waals surface area contributed by atoms with E-state index in [9.17, 15) is 0 Å². The molecule has 5 aromatic rings. The SMILES string of the molecule is Cc1ccc2c3ccccc3c3oc4c(C(C)(C)C)cc(C(C)(C)C)cc4c3c2c1. The monoisotopic (exact) mass is 394 g/mol. The Morgan fingerprint density at radius 3 is 1.93 bits per heavy atom. The number of rotatable bonds is 0. The van der Waals surface area contributed by atoms with Crippen molar-refractivity contribution in [2.75, 3.05) is 0 Å². The molecule has 0 saturated carbocycles. The topological polar surface area (TPSA) is 13.1 Å².